The standard InChI is InChI=1S/C17H27NO2/c1-3-20-17-11-14(12-17)10-15(18)7-4-13-5-8-16(19-2)9-6-13/h5-6,8-9,14-15,17H,3-4,7,10-12,18H2,1-2H3. The number of rotatable bonds is 8. The van der Waals surface area contributed by atoms with Gasteiger partial charge in [0.1, 0.15) is 5.75 Å². The van der Waals surface area contributed by atoms with Gasteiger partial charge in [-0.3, -0.25) is 0 Å². The van der Waals surface area contributed by atoms with Crippen molar-refractivity contribution < 1.29 is 9.47 Å². The van der Waals surface area contributed by atoms with E-state index in [0.717, 1.165) is 37.5 Å². The summed E-state index contributed by atoms with van der Waals surface area (Å²) in [4.78, 5) is 0. The van der Waals surface area contributed by atoms with Crippen molar-refractivity contribution in [1.29, 1.82) is 0 Å². The van der Waals surface area contributed by atoms with Gasteiger partial charge in [0.2, 0.25) is 0 Å². The van der Waals surface area contributed by atoms with Crippen LogP contribution in [0.1, 0.15) is 38.2 Å². The number of ether oxygens (including phenoxy) is 2. The number of nitrogens with two attached hydrogens (primary N) is 1. The molecule has 0 spiro atoms. The normalized spacial score (nSPS) is 23.1. The number of hydrogen-bond donors (Lipinski definition) is 1. The molecule has 0 aromatic heterocycles. The second-order valence-corrected chi connectivity index (χ2v) is 5.80. The molecule has 1 saturated carbocycles. The van der Waals surface area contributed by atoms with Gasteiger partial charge in [-0.15, -0.1) is 0 Å². The van der Waals surface area contributed by atoms with E-state index in [2.05, 4.69) is 19.1 Å². The molecule has 20 heavy (non-hydrogen) atoms. The summed E-state index contributed by atoms with van der Waals surface area (Å²) in [7, 11) is 1.69. The lowest BCUT2D eigenvalue weighted by Crippen LogP contribution is -2.36. The van der Waals surface area contributed by atoms with Gasteiger partial charge < -0.3 is 15.2 Å². The smallest absolute Gasteiger partial charge is 0.118 e. The van der Waals surface area contributed by atoms with Crippen molar-refractivity contribution in [1.82, 2.24) is 0 Å². The Balaban J connectivity index is 1.63. The third-order valence-corrected chi connectivity index (χ3v) is 4.19. The quantitative estimate of drug-likeness (QED) is 0.794. The summed E-state index contributed by atoms with van der Waals surface area (Å²) >= 11 is 0. The molecular weight excluding hydrogens is 250 g/mol. The van der Waals surface area contributed by atoms with E-state index in [1.807, 2.05) is 12.1 Å². The molecule has 0 radical (unpaired) electrons. The molecule has 112 valence electrons. The van der Waals surface area contributed by atoms with Gasteiger partial charge in [-0.2, -0.15) is 0 Å². The zero-order chi connectivity index (χ0) is 14.4. The maximum atomic E-state index is 6.24. The number of methoxy groups -OCH3 is 1. The van der Waals surface area contributed by atoms with Crippen LogP contribution in [-0.4, -0.2) is 25.9 Å². The maximum absolute atomic E-state index is 6.24. The first kappa shape index (κ1) is 15.3. The minimum atomic E-state index is 0.310. The predicted octanol–water partition coefficient (Wildman–Crippen LogP) is 3.16. The molecule has 1 aromatic rings. The van der Waals surface area contributed by atoms with Crippen molar-refractivity contribution in [3.8, 4) is 5.75 Å². The number of benzene rings is 1. The Morgan fingerprint density at radius 3 is 2.55 bits per heavy atom. The molecule has 0 amide bonds. The Bertz CT molecular complexity index is 384. The fraction of sp³-hybridized carbons (Fsp3) is 0.647. The van der Waals surface area contributed by atoms with Crippen molar-refractivity contribution in [2.45, 2.75) is 51.2 Å². The number of hydrogen-bond acceptors (Lipinski definition) is 3. The summed E-state index contributed by atoms with van der Waals surface area (Å²) in [6.45, 7) is 2.90. The summed E-state index contributed by atoms with van der Waals surface area (Å²) in [5.41, 5.74) is 7.58. The predicted molar refractivity (Wildman–Crippen MR) is 82.0 cm³/mol. The number of aryl methyl sites for hydroxylation is 1. The summed E-state index contributed by atoms with van der Waals surface area (Å²) in [6.07, 6.45) is 6.14. The van der Waals surface area contributed by atoms with Crippen LogP contribution in [0.25, 0.3) is 0 Å². The van der Waals surface area contributed by atoms with Gasteiger partial charge in [-0.1, -0.05) is 12.1 Å². The Morgan fingerprint density at radius 2 is 1.95 bits per heavy atom. The molecular formula is C17H27NO2. The zero-order valence-electron chi connectivity index (χ0n) is 12.7. The molecule has 1 aliphatic carbocycles. The second-order valence-electron chi connectivity index (χ2n) is 5.80. The monoisotopic (exact) mass is 277 g/mol. The summed E-state index contributed by atoms with van der Waals surface area (Å²) in [6, 6.07) is 8.59. The van der Waals surface area contributed by atoms with Crippen LogP contribution in [0.15, 0.2) is 24.3 Å². The van der Waals surface area contributed by atoms with Crippen LogP contribution in [0.3, 0.4) is 0 Å². The van der Waals surface area contributed by atoms with E-state index in [0.29, 0.717) is 12.1 Å². The van der Waals surface area contributed by atoms with Crippen LogP contribution in [-0.2, 0) is 11.2 Å². The van der Waals surface area contributed by atoms with E-state index < -0.39 is 0 Å². The lowest BCUT2D eigenvalue weighted by atomic mass is 9.77. The van der Waals surface area contributed by atoms with Crippen LogP contribution in [0, 0.1) is 5.92 Å². The highest BCUT2D eigenvalue weighted by molar-refractivity contribution is 5.27. The first-order valence-corrected chi connectivity index (χ1v) is 7.71. The van der Waals surface area contributed by atoms with Crippen molar-refractivity contribution in [3.63, 3.8) is 0 Å². The fourth-order valence-corrected chi connectivity index (χ4v) is 2.93. The molecule has 0 saturated heterocycles. The molecule has 3 nitrogen and oxygen atoms in total. The lowest BCUT2D eigenvalue weighted by Gasteiger charge is -2.36. The van der Waals surface area contributed by atoms with Crippen LogP contribution < -0.4 is 10.5 Å². The van der Waals surface area contributed by atoms with Gasteiger partial charge in [0.15, 0.2) is 0 Å². The molecule has 1 aromatic carbocycles. The molecule has 3 heteroatoms. The first-order chi connectivity index (χ1) is 9.71. The van der Waals surface area contributed by atoms with E-state index >= 15 is 0 Å². The average Bonchev–Trinajstić information content (AvgIpc) is 2.43. The summed E-state index contributed by atoms with van der Waals surface area (Å²) in [5.74, 6) is 1.69. The van der Waals surface area contributed by atoms with Crippen LogP contribution >= 0.6 is 0 Å². The topological polar surface area (TPSA) is 44.5 Å². The Morgan fingerprint density at radius 1 is 1.25 bits per heavy atom. The second kappa shape index (κ2) is 7.65. The third-order valence-electron chi connectivity index (χ3n) is 4.19. The van der Waals surface area contributed by atoms with E-state index in [9.17, 15) is 0 Å². The van der Waals surface area contributed by atoms with E-state index in [1.165, 1.54) is 18.4 Å². The van der Waals surface area contributed by atoms with Crippen LogP contribution in [0.4, 0.5) is 0 Å². The van der Waals surface area contributed by atoms with E-state index in [4.69, 9.17) is 15.2 Å². The van der Waals surface area contributed by atoms with Crippen molar-refractivity contribution in [3.05, 3.63) is 29.8 Å². The minimum Gasteiger partial charge on any atom is -0.497 e. The van der Waals surface area contributed by atoms with E-state index in [-0.39, 0.29) is 0 Å². The summed E-state index contributed by atoms with van der Waals surface area (Å²) < 4.78 is 10.8. The first-order valence-electron chi connectivity index (χ1n) is 7.71. The van der Waals surface area contributed by atoms with Crippen LogP contribution in [0.5, 0.6) is 5.75 Å². The zero-order valence-corrected chi connectivity index (χ0v) is 12.7. The molecule has 0 heterocycles. The van der Waals surface area contributed by atoms with Crippen molar-refractivity contribution in [2.75, 3.05) is 13.7 Å². The lowest BCUT2D eigenvalue weighted by molar-refractivity contribution is -0.0282. The molecule has 2 rings (SSSR count). The SMILES string of the molecule is CCOC1CC(CC(N)CCc2ccc(OC)cc2)C1. The maximum Gasteiger partial charge on any atom is 0.118 e. The molecule has 0 aliphatic heterocycles. The molecule has 1 aliphatic rings. The molecule has 1 fully saturated rings. The molecule has 0 bridgehead atoms. The molecule has 1 atom stereocenters. The molecule has 1 unspecified atom stereocenters. The van der Waals surface area contributed by atoms with Gasteiger partial charge in [-0.25, -0.2) is 0 Å². The highest BCUT2D eigenvalue weighted by atomic mass is 16.5. The van der Waals surface area contributed by atoms with Gasteiger partial charge in [-0.05, 0) is 62.6 Å². The largest absolute Gasteiger partial charge is 0.497 e. The minimum absolute atomic E-state index is 0.310. The highest BCUT2D eigenvalue weighted by Gasteiger charge is 2.30. The van der Waals surface area contributed by atoms with Crippen molar-refractivity contribution in [2.24, 2.45) is 11.7 Å². The Kier molecular flexibility index (Phi) is 5.86. The van der Waals surface area contributed by atoms with Crippen molar-refractivity contribution >= 4 is 0 Å². The Labute approximate surface area is 122 Å². The van der Waals surface area contributed by atoms with Gasteiger partial charge in [0, 0.05) is 12.6 Å². The van der Waals surface area contributed by atoms with Crippen LogP contribution in [0.2, 0.25) is 0 Å². The van der Waals surface area contributed by atoms with Gasteiger partial charge in [0.25, 0.3) is 0 Å². The molecule has 2 N–H and O–H groups in total. The third kappa shape index (κ3) is 4.50. The van der Waals surface area contributed by atoms with Gasteiger partial charge in [0.05, 0.1) is 13.2 Å². The average molecular weight is 277 g/mol. The Hall–Kier alpha value is -1.06. The van der Waals surface area contributed by atoms with E-state index in [1.54, 1.807) is 7.11 Å². The fourth-order valence-electron chi connectivity index (χ4n) is 2.93. The summed E-state index contributed by atoms with van der Waals surface area (Å²) in [5, 5.41) is 0. The highest BCUT2D eigenvalue weighted by Crippen LogP contribution is 2.33. The van der Waals surface area contributed by atoms with Gasteiger partial charge >= 0.3 is 0 Å².